The Morgan fingerprint density at radius 2 is 1.52 bits per heavy atom. The molecule has 3 aromatic carbocycles. The van der Waals surface area contributed by atoms with Gasteiger partial charge in [0.2, 0.25) is 0 Å². The minimum atomic E-state index is 0.105. The molecule has 0 aromatic heterocycles. The summed E-state index contributed by atoms with van der Waals surface area (Å²) in [6.45, 7) is 4.21. The van der Waals surface area contributed by atoms with Gasteiger partial charge in [0, 0.05) is 5.02 Å². The molecule has 2 heteroatoms. The van der Waals surface area contributed by atoms with Gasteiger partial charge < -0.3 is 0 Å². The van der Waals surface area contributed by atoms with Gasteiger partial charge in [0.05, 0.1) is 4.83 Å². The maximum Gasteiger partial charge on any atom is 0.0659 e. The highest BCUT2D eigenvalue weighted by Crippen LogP contribution is 2.37. The van der Waals surface area contributed by atoms with E-state index in [4.69, 9.17) is 11.6 Å². The summed E-state index contributed by atoms with van der Waals surface area (Å²) < 4.78 is 0. The number of hydrogen-bond donors (Lipinski definition) is 0. The van der Waals surface area contributed by atoms with Crippen molar-refractivity contribution >= 4 is 38.3 Å². The highest BCUT2D eigenvalue weighted by molar-refractivity contribution is 9.09. The Kier molecular flexibility index (Phi) is 4.05. The highest BCUT2D eigenvalue weighted by atomic mass is 79.9. The molecule has 0 fully saturated rings. The van der Waals surface area contributed by atoms with E-state index in [9.17, 15) is 0 Å². The van der Waals surface area contributed by atoms with Gasteiger partial charge in [-0.1, -0.05) is 70.0 Å². The second-order valence-electron chi connectivity index (χ2n) is 5.43. The molecule has 21 heavy (non-hydrogen) atoms. The van der Waals surface area contributed by atoms with Gasteiger partial charge in [0.15, 0.2) is 0 Å². The third-order valence-electron chi connectivity index (χ3n) is 3.95. The van der Waals surface area contributed by atoms with Crippen LogP contribution in [0, 0.1) is 13.8 Å². The Labute approximate surface area is 138 Å². The van der Waals surface area contributed by atoms with Gasteiger partial charge in [-0.2, -0.15) is 0 Å². The van der Waals surface area contributed by atoms with Crippen LogP contribution in [0.25, 0.3) is 10.8 Å². The van der Waals surface area contributed by atoms with Crippen LogP contribution in [0.2, 0.25) is 5.02 Å². The molecule has 3 rings (SSSR count). The van der Waals surface area contributed by atoms with Gasteiger partial charge in [-0.05, 0) is 59.0 Å². The molecule has 106 valence electrons. The zero-order valence-corrected chi connectivity index (χ0v) is 14.4. The summed E-state index contributed by atoms with van der Waals surface area (Å²) in [5.74, 6) is 0. The first kappa shape index (κ1) is 14.6. The molecule has 0 saturated heterocycles. The summed E-state index contributed by atoms with van der Waals surface area (Å²) in [6.07, 6.45) is 0. The van der Waals surface area contributed by atoms with E-state index in [1.54, 1.807) is 0 Å². The minimum absolute atomic E-state index is 0.105. The van der Waals surface area contributed by atoms with Crippen LogP contribution < -0.4 is 0 Å². The van der Waals surface area contributed by atoms with E-state index in [1.807, 2.05) is 6.07 Å². The van der Waals surface area contributed by atoms with Crippen molar-refractivity contribution in [2.45, 2.75) is 18.7 Å². The van der Waals surface area contributed by atoms with Crippen molar-refractivity contribution in [3.63, 3.8) is 0 Å². The molecule has 0 heterocycles. The Morgan fingerprint density at radius 1 is 0.857 bits per heavy atom. The number of halogens is 2. The fourth-order valence-corrected chi connectivity index (χ4v) is 3.67. The standard InChI is InChI=1S/C19H16BrCl/c1-12-9-17(18(21)10-13(12)2)19(20)16-8-7-14-5-3-4-6-15(14)11-16/h3-11,19H,1-2H3. The first-order chi connectivity index (χ1) is 10.1. The van der Waals surface area contributed by atoms with Crippen molar-refractivity contribution in [3.05, 3.63) is 81.9 Å². The Balaban J connectivity index is 2.07. The summed E-state index contributed by atoms with van der Waals surface area (Å²) in [4.78, 5) is 0.105. The number of alkyl halides is 1. The van der Waals surface area contributed by atoms with Gasteiger partial charge in [0.1, 0.15) is 0 Å². The van der Waals surface area contributed by atoms with Gasteiger partial charge in [-0.15, -0.1) is 0 Å². The van der Waals surface area contributed by atoms with E-state index >= 15 is 0 Å². The number of aryl methyl sites for hydroxylation is 2. The molecule has 0 aliphatic rings. The van der Waals surface area contributed by atoms with Crippen molar-refractivity contribution in [3.8, 4) is 0 Å². The van der Waals surface area contributed by atoms with Crippen LogP contribution in [0.3, 0.4) is 0 Å². The van der Waals surface area contributed by atoms with Crippen LogP contribution in [-0.2, 0) is 0 Å². The first-order valence-electron chi connectivity index (χ1n) is 6.95. The van der Waals surface area contributed by atoms with Crippen LogP contribution in [0.4, 0.5) is 0 Å². The van der Waals surface area contributed by atoms with Gasteiger partial charge >= 0.3 is 0 Å². The molecule has 0 spiro atoms. The van der Waals surface area contributed by atoms with Crippen molar-refractivity contribution in [1.29, 1.82) is 0 Å². The molecular formula is C19H16BrCl. The van der Waals surface area contributed by atoms with Crippen molar-refractivity contribution < 1.29 is 0 Å². The van der Waals surface area contributed by atoms with Crippen LogP contribution in [0.5, 0.6) is 0 Å². The first-order valence-corrected chi connectivity index (χ1v) is 8.25. The van der Waals surface area contributed by atoms with Crippen LogP contribution in [0.1, 0.15) is 27.1 Å². The fourth-order valence-electron chi connectivity index (χ4n) is 2.54. The molecule has 0 bridgehead atoms. The number of benzene rings is 3. The molecule has 0 radical (unpaired) electrons. The molecule has 1 atom stereocenters. The van der Waals surface area contributed by atoms with Crippen molar-refractivity contribution in [1.82, 2.24) is 0 Å². The van der Waals surface area contributed by atoms with Crippen molar-refractivity contribution in [2.75, 3.05) is 0 Å². The largest absolute Gasteiger partial charge is 0.0840 e. The molecule has 0 nitrogen and oxygen atoms in total. The zero-order chi connectivity index (χ0) is 15.0. The van der Waals surface area contributed by atoms with E-state index < -0.39 is 0 Å². The average molecular weight is 360 g/mol. The van der Waals surface area contributed by atoms with Crippen molar-refractivity contribution in [2.24, 2.45) is 0 Å². The predicted molar refractivity (Wildman–Crippen MR) is 95.6 cm³/mol. The summed E-state index contributed by atoms with van der Waals surface area (Å²) in [6, 6.07) is 19.2. The quantitative estimate of drug-likeness (QED) is 0.452. The fraction of sp³-hybridized carbons (Fsp3) is 0.158. The Bertz CT molecular complexity index is 808. The number of hydrogen-bond acceptors (Lipinski definition) is 0. The summed E-state index contributed by atoms with van der Waals surface area (Å²) in [7, 11) is 0. The van der Waals surface area contributed by atoms with Gasteiger partial charge in [-0.3, -0.25) is 0 Å². The molecule has 1 unspecified atom stereocenters. The lowest BCUT2D eigenvalue weighted by Gasteiger charge is -2.15. The molecule has 3 aromatic rings. The third kappa shape index (κ3) is 2.86. The van der Waals surface area contributed by atoms with Crippen LogP contribution in [0.15, 0.2) is 54.6 Å². The monoisotopic (exact) mass is 358 g/mol. The summed E-state index contributed by atoms with van der Waals surface area (Å²) in [5, 5.41) is 3.32. The zero-order valence-electron chi connectivity index (χ0n) is 12.0. The van der Waals surface area contributed by atoms with Crippen LogP contribution >= 0.6 is 27.5 Å². The highest BCUT2D eigenvalue weighted by Gasteiger charge is 2.15. The maximum atomic E-state index is 6.43. The van der Waals surface area contributed by atoms with Gasteiger partial charge in [0.25, 0.3) is 0 Å². The second kappa shape index (κ2) is 5.82. The van der Waals surface area contributed by atoms with E-state index in [0.29, 0.717) is 0 Å². The SMILES string of the molecule is Cc1cc(Cl)c(C(Br)c2ccc3ccccc3c2)cc1C. The van der Waals surface area contributed by atoms with E-state index in [1.165, 1.54) is 27.5 Å². The topological polar surface area (TPSA) is 0 Å². The molecule has 0 amide bonds. The Morgan fingerprint density at radius 3 is 2.29 bits per heavy atom. The van der Waals surface area contributed by atoms with Crippen LogP contribution in [-0.4, -0.2) is 0 Å². The Hall–Kier alpha value is -1.31. The molecule has 0 aliphatic carbocycles. The lowest BCUT2D eigenvalue weighted by molar-refractivity contribution is 1.16. The summed E-state index contributed by atoms with van der Waals surface area (Å²) in [5.41, 5.74) is 4.83. The average Bonchev–Trinajstić information content (AvgIpc) is 2.50. The molecule has 0 aliphatic heterocycles. The second-order valence-corrected chi connectivity index (χ2v) is 6.75. The van der Waals surface area contributed by atoms with Gasteiger partial charge in [-0.25, -0.2) is 0 Å². The number of rotatable bonds is 2. The van der Waals surface area contributed by atoms with E-state index in [2.05, 4.69) is 78.3 Å². The molecule has 0 N–H and O–H groups in total. The van der Waals surface area contributed by atoms with E-state index in [0.717, 1.165) is 10.6 Å². The lowest BCUT2D eigenvalue weighted by Crippen LogP contribution is -1.96. The lowest BCUT2D eigenvalue weighted by atomic mass is 9.98. The minimum Gasteiger partial charge on any atom is -0.0840 e. The van der Waals surface area contributed by atoms with E-state index in [-0.39, 0.29) is 4.83 Å². The summed E-state index contributed by atoms with van der Waals surface area (Å²) >= 11 is 10.2. The number of fused-ring (bicyclic) bond motifs is 1. The molecular weight excluding hydrogens is 344 g/mol. The normalized spacial score (nSPS) is 12.6. The third-order valence-corrected chi connectivity index (χ3v) is 5.30. The maximum absolute atomic E-state index is 6.43. The molecule has 0 saturated carbocycles. The smallest absolute Gasteiger partial charge is 0.0659 e. The predicted octanol–water partition coefficient (Wildman–Crippen LogP) is 6.59.